The number of hydrogen-bond donors (Lipinski definition) is 3. The van der Waals surface area contributed by atoms with Crippen molar-refractivity contribution in [2.75, 3.05) is 12.1 Å². The maximum absolute atomic E-state index is 13.8. The molecule has 4 heterocycles. The van der Waals surface area contributed by atoms with Gasteiger partial charge in [-0.15, -0.1) is 0 Å². The summed E-state index contributed by atoms with van der Waals surface area (Å²) in [5, 5.41) is 15.4. The number of benzene rings is 2. The van der Waals surface area contributed by atoms with Crippen molar-refractivity contribution in [2.24, 2.45) is 11.8 Å². The zero-order valence-corrected chi connectivity index (χ0v) is 18.9. The third kappa shape index (κ3) is 2.99. The van der Waals surface area contributed by atoms with Crippen LogP contribution in [0.25, 0.3) is 0 Å². The molecule has 1 spiro atoms. The number of carbonyl (C=O) groups is 4. The summed E-state index contributed by atoms with van der Waals surface area (Å²) in [6.07, 6.45) is -0.0769. The molecule has 4 aliphatic heterocycles. The van der Waals surface area contributed by atoms with Crippen LogP contribution >= 0.6 is 0 Å². The molecule has 0 saturated carbocycles. The quantitative estimate of drug-likeness (QED) is 0.552. The average molecular weight is 477 g/mol. The molecule has 6 rings (SSSR count). The molecule has 2 aromatic carbocycles. The van der Waals surface area contributed by atoms with Crippen molar-refractivity contribution >= 4 is 29.4 Å². The van der Waals surface area contributed by atoms with Crippen molar-refractivity contribution in [2.45, 2.75) is 37.9 Å². The van der Waals surface area contributed by atoms with Crippen LogP contribution in [0.1, 0.15) is 29.5 Å². The Morgan fingerprint density at radius 1 is 1.14 bits per heavy atom. The first-order chi connectivity index (χ1) is 16.8. The number of carboxylic acids is 1. The van der Waals surface area contributed by atoms with E-state index in [1.165, 1.54) is 4.90 Å². The molecule has 4 aliphatic rings. The molecule has 10 heteroatoms. The largest absolute Gasteiger partial charge is 0.481 e. The van der Waals surface area contributed by atoms with Gasteiger partial charge in [-0.2, -0.15) is 0 Å². The van der Waals surface area contributed by atoms with Gasteiger partial charge in [-0.05, 0) is 36.6 Å². The van der Waals surface area contributed by atoms with E-state index in [-0.39, 0.29) is 26.2 Å². The van der Waals surface area contributed by atoms with E-state index in [1.54, 1.807) is 24.3 Å². The molecule has 35 heavy (non-hydrogen) atoms. The van der Waals surface area contributed by atoms with Gasteiger partial charge in [0.2, 0.25) is 24.5 Å². The van der Waals surface area contributed by atoms with Crippen molar-refractivity contribution in [1.29, 1.82) is 0 Å². The minimum atomic E-state index is -1.44. The second-order valence-electron chi connectivity index (χ2n) is 9.40. The Balaban J connectivity index is 1.40. The molecule has 3 amide bonds. The van der Waals surface area contributed by atoms with E-state index in [0.29, 0.717) is 28.3 Å². The van der Waals surface area contributed by atoms with Gasteiger partial charge in [-0.25, -0.2) is 0 Å². The van der Waals surface area contributed by atoms with Crippen LogP contribution in [-0.4, -0.2) is 46.5 Å². The summed E-state index contributed by atoms with van der Waals surface area (Å²) in [6, 6.07) is 10.0. The highest BCUT2D eigenvalue weighted by Crippen LogP contribution is 2.54. The second kappa shape index (κ2) is 7.54. The van der Waals surface area contributed by atoms with Gasteiger partial charge in [0.1, 0.15) is 5.54 Å². The summed E-state index contributed by atoms with van der Waals surface area (Å²) in [5.41, 5.74) is 1.32. The molecule has 0 bridgehead atoms. The Morgan fingerprint density at radius 2 is 1.94 bits per heavy atom. The van der Waals surface area contributed by atoms with Crippen LogP contribution < -0.4 is 20.1 Å². The predicted octanol–water partition coefficient (Wildman–Crippen LogP) is 1.51. The molecule has 4 atom stereocenters. The molecule has 0 unspecified atom stereocenters. The lowest BCUT2D eigenvalue weighted by molar-refractivity contribution is -0.144. The molecule has 10 nitrogen and oxygen atoms in total. The molecule has 2 fully saturated rings. The summed E-state index contributed by atoms with van der Waals surface area (Å²) in [6.45, 7) is 1.99. The maximum Gasteiger partial charge on any atom is 0.303 e. The summed E-state index contributed by atoms with van der Waals surface area (Å²) in [4.78, 5) is 53.5. The molecule has 0 radical (unpaired) electrons. The van der Waals surface area contributed by atoms with Gasteiger partial charge in [0.15, 0.2) is 11.5 Å². The molecular weight excluding hydrogens is 454 g/mol. The van der Waals surface area contributed by atoms with Crippen molar-refractivity contribution in [1.82, 2.24) is 10.2 Å². The van der Waals surface area contributed by atoms with E-state index < -0.39 is 47.1 Å². The van der Waals surface area contributed by atoms with Gasteiger partial charge >= 0.3 is 5.97 Å². The van der Waals surface area contributed by atoms with Gasteiger partial charge in [-0.3, -0.25) is 29.4 Å². The molecule has 0 aromatic heterocycles. The Labute approximate surface area is 200 Å². The molecular formula is C25H23N3O7. The topological polar surface area (TPSA) is 134 Å². The van der Waals surface area contributed by atoms with Crippen LogP contribution in [0, 0.1) is 18.8 Å². The van der Waals surface area contributed by atoms with Crippen LogP contribution in [0.4, 0.5) is 5.69 Å². The molecule has 180 valence electrons. The fourth-order valence-corrected chi connectivity index (χ4v) is 5.94. The fraction of sp³-hybridized carbons (Fsp3) is 0.360. The summed E-state index contributed by atoms with van der Waals surface area (Å²) >= 11 is 0. The normalized spacial score (nSPS) is 28.0. The third-order valence-corrected chi connectivity index (χ3v) is 7.50. The first kappa shape index (κ1) is 21.6. The minimum absolute atomic E-state index is 0.0192. The van der Waals surface area contributed by atoms with Gasteiger partial charge in [0, 0.05) is 23.7 Å². The maximum atomic E-state index is 13.8. The lowest BCUT2D eigenvalue weighted by Gasteiger charge is -2.29. The highest BCUT2D eigenvalue weighted by Gasteiger charge is 2.70. The van der Waals surface area contributed by atoms with E-state index >= 15 is 0 Å². The number of aliphatic carboxylic acids is 1. The summed E-state index contributed by atoms with van der Waals surface area (Å²) < 4.78 is 10.7. The van der Waals surface area contributed by atoms with Crippen LogP contribution in [0.15, 0.2) is 36.4 Å². The smallest absolute Gasteiger partial charge is 0.303 e. The lowest BCUT2D eigenvalue weighted by Crippen LogP contribution is -2.53. The van der Waals surface area contributed by atoms with Crippen LogP contribution in [0.3, 0.4) is 0 Å². The van der Waals surface area contributed by atoms with Gasteiger partial charge in [-0.1, -0.05) is 24.3 Å². The monoisotopic (exact) mass is 477 g/mol. The van der Waals surface area contributed by atoms with Crippen LogP contribution in [0.5, 0.6) is 11.5 Å². The number of nitrogens with zero attached hydrogens (tertiary/aromatic N) is 1. The Hall–Kier alpha value is -3.92. The van der Waals surface area contributed by atoms with Crippen molar-refractivity contribution in [3.05, 3.63) is 53.1 Å². The van der Waals surface area contributed by atoms with Crippen molar-refractivity contribution in [3.63, 3.8) is 0 Å². The standard InChI is InChI=1S/C25H23N3O7/c1-12-3-2-4-14-21(12)26-24(33)25(14)20-19(15(27-25)6-8-18(29)30)22(31)28(23(20)32)10-13-5-7-16-17(9-13)35-11-34-16/h2-5,7,9,15,19-20,27H,6,8,10-11H2,1H3,(H,26,33)(H,29,30)/t15-,19-,20-,25-/m1/s1. The number of amides is 3. The van der Waals surface area contributed by atoms with Gasteiger partial charge in [0.05, 0.1) is 18.4 Å². The SMILES string of the molecule is Cc1cccc2c1NC(=O)[C@@]21N[C@H](CCC(=O)O)[C@H]2C(=O)N(Cc3ccc4c(c3)OCO4)C(=O)[C@@H]21. The zero-order chi connectivity index (χ0) is 24.5. The van der Waals surface area contributed by atoms with Crippen LogP contribution in [-0.2, 0) is 31.3 Å². The van der Waals surface area contributed by atoms with Gasteiger partial charge in [0.25, 0.3) is 0 Å². The van der Waals surface area contributed by atoms with Crippen molar-refractivity contribution < 1.29 is 33.8 Å². The molecule has 2 saturated heterocycles. The average Bonchev–Trinajstić information content (AvgIpc) is 3.55. The van der Waals surface area contributed by atoms with E-state index in [1.807, 2.05) is 19.1 Å². The van der Waals surface area contributed by atoms with Crippen molar-refractivity contribution in [3.8, 4) is 11.5 Å². The number of imide groups is 1. The molecule has 3 N–H and O–H groups in total. The number of anilines is 1. The number of ether oxygens (including phenoxy) is 2. The number of nitrogens with one attached hydrogen (secondary N) is 2. The number of rotatable bonds is 5. The van der Waals surface area contributed by atoms with E-state index in [9.17, 15) is 24.3 Å². The first-order valence-electron chi connectivity index (χ1n) is 11.5. The van der Waals surface area contributed by atoms with E-state index in [4.69, 9.17) is 9.47 Å². The number of aryl methyl sites for hydroxylation is 1. The number of para-hydroxylation sites is 1. The van der Waals surface area contributed by atoms with Crippen LogP contribution in [0.2, 0.25) is 0 Å². The molecule has 2 aromatic rings. The van der Waals surface area contributed by atoms with Gasteiger partial charge < -0.3 is 19.9 Å². The number of hydrogen-bond acceptors (Lipinski definition) is 7. The predicted molar refractivity (Wildman–Crippen MR) is 120 cm³/mol. The lowest BCUT2D eigenvalue weighted by atomic mass is 9.76. The fourth-order valence-electron chi connectivity index (χ4n) is 5.94. The number of fused-ring (bicyclic) bond motifs is 5. The Bertz CT molecular complexity index is 1310. The molecule has 0 aliphatic carbocycles. The second-order valence-corrected chi connectivity index (χ2v) is 9.40. The highest BCUT2D eigenvalue weighted by atomic mass is 16.7. The minimum Gasteiger partial charge on any atom is -0.481 e. The number of carbonyl (C=O) groups excluding carboxylic acids is 3. The number of likely N-dealkylation sites (tertiary alicyclic amines) is 1. The Kier molecular flexibility index (Phi) is 4.65. The Morgan fingerprint density at radius 3 is 2.74 bits per heavy atom. The zero-order valence-electron chi connectivity index (χ0n) is 18.9. The first-order valence-corrected chi connectivity index (χ1v) is 11.5. The summed E-state index contributed by atoms with van der Waals surface area (Å²) in [5.74, 6) is -2.97. The highest BCUT2D eigenvalue weighted by molar-refractivity contribution is 6.15. The van der Waals surface area contributed by atoms with E-state index in [0.717, 1.165) is 5.56 Å². The third-order valence-electron chi connectivity index (χ3n) is 7.50. The van der Waals surface area contributed by atoms with E-state index in [2.05, 4.69) is 10.6 Å². The number of carboxylic acid groups (broad SMARTS) is 1. The summed E-state index contributed by atoms with van der Waals surface area (Å²) in [7, 11) is 0.